The number of hydrogen-bond acceptors (Lipinski definition) is 5. The zero-order chi connectivity index (χ0) is 21.7. The first kappa shape index (κ1) is 21.9. The summed E-state index contributed by atoms with van der Waals surface area (Å²) < 4.78 is 5.42. The number of furan rings is 1. The van der Waals surface area contributed by atoms with Crippen LogP contribution in [0.5, 0.6) is 0 Å². The molecule has 30 heavy (non-hydrogen) atoms. The van der Waals surface area contributed by atoms with E-state index in [-0.39, 0.29) is 24.9 Å². The summed E-state index contributed by atoms with van der Waals surface area (Å²) >= 11 is 0. The zero-order valence-corrected chi connectivity index (χ0v) is 17.5. The Morgan fingerprint density at radius 2 is 2.00 bits per heavy atom. The van der Waals surface area contributed by atoms with Crippen LogP contribution in [0.3, 0.4) is 0 Å². The molecule has 2 atom stereocenters. The van der Waals surface area contributed by atoms with Crippen LogP contribution in [0, 0.1) is 0 Å². The Labute approximate surface area is 175 Å². The van der Waals surface area contributed by atoms with E-state index in [9.17, 15) is 19.2 Å². The highest BCUT2D eigenvalue weighted by Crippen LogP contribution is 2.26. The third-order valence-corrected chi connectivity index (χ3v) is 6.15. The molecule has 1 aliphatic heterocycles. The van der Waals surface area contributed by atoms with Crippen LogP contribution in [0.25, 0.3) is 0 Å². The third kappa shape index (κ3) is 4.83. The number of urea groups is 1. The number of nitrogens with one attached hydrogen (secondary N) is 3. The average molecular weight is 418 g/mol. The predicted octanol–water partition coefficient (Wildman–Crippen LogP) is 1.82. The molecule has 2 fully saturated rings. The number of hydrogen-bond donors (Lipinski definition) is 3. The van der Waals surface area contributed by atoms with Gasteiger partial charge >= 0.3 is 6.03 Å². The molecule has 0 unspecified atom stereocenters. The molecule has 3 rings (SSSR count). The lowest BCUT2D eigenvalue weighted by atomic mass is 9.90. The predicted molar refractivity (Wildman–Crippen MR) is 108 cm³/mol. The number of carbonyl (C=O) groups excluding carboxylic acids is 4. The Kier molecular flexibility index (Phi) is 6.79. The summed E-state index contributed by atoms with van der Waals surface area (Å²) in [6.45, 7) is 3.68. The van der Waals surface area contributed by atoms with Crippen molar-refractivity contribution < 1.29 is 23.6 Å². The molecule has 2 heterocycles. The van der Waals surface area contributed by atoms with E-state index in [1.807, 2.05) is 6.92 Å². The van der Waals surface area contributed by atoms with E-state index in [1.54, 1.807) is 19.1 Å². The van der Waals surface area contributed by atoms with E-state index < -0.39 is 29.4 Å². The largest absolute Gasteiger partial charge is 0.467 e. The van der Waals surface area contributed by atoms with Gasteiger partial charge in [0.05, 0.1) is 19.2 Å². The number of imide groups is 1. The lowest BCUT2D eigenvalue weighted by molar-refractivity contribution is -0.149. The Morgan fingerprint density at radius 3 is 2.57 bits per heavy atom. The van der Waals surface area contributed by atoms with E-state index in [0.29, 0.717) is 12.2 Å². The molecule has 1 aromatic rings. The smallest absolute Gasteiger partial charge is 0.322 e. The molecular weight excluding hydrogens is 388 g/mol. The van der Waals surface area contributed by atoms with E-state index >= 15 is 0 Å². The van der Waals surface area contributed by atoms with E-state index in [1.165, 1.54) is 17.6 Å². The molecule has 2 aliphatic rings. The van der Waals surface area contributed by atoms with Crippen LogP contribution < -0.4 is 16.0 Å². The minimum absolute atomic E-state index is 0.0938. The lowest BCUT2D eigenvalue weighted by Crippen LogP contribution is -2.60. The Bertz CT molecular complexity index is 787. The van der Waals surface area contributed by atoms with Crippen molar-refractivity contribution in [3.8, 4) is 0 Å². The Hall–Kier alpha value is -2.84. The maximum absolute atomic E-state index is 13.3. The first-order chi connectivity index (χ1) is 14.3. The summed E-state index contributed by atoms with van der Waals surface area (Å²) in [5.41, 5.74) is -1.12. The van der Waals surface area contributed by atoms with Crippen LogP contribution in [-0.4, -0.2) is 46.3 Å². The minimum Gasteiger partial charge on any atom is -0.467 e. The fourth-order valence-corrected chi connectivity index (χ4v) is 4.05. The quantitative estimate of drug-likeness (QED) is 0.556. The summed E-state index contributed by atoms with van der Waals surface area (Å²) in [7, 11) is 0. The van der Waals surface area contributed by atoms with Crippen molar-refractivity contribution in [3.63, 3.8) is 0 Å². The molecule has 1 aromatic heterocycles. The second kappa shape index (κ2) is 9.32. The van der Waals surface area contributed by atoms with Gasteiger partial charge in [-0.2, -0.15) is 0 Å². The van der Waals surface area contributed by atoms with Gasteiger partial charge in [-0.05, 0) is 38.3 Å². The summed E-state index contributed by atoms with van der Waals surface area (Å²) in [6, 6.07) is 1.99. The molecule has 1 saturated carbocycles. The van der Waals surface area contributed by atoms with Crippen LogP contribution in [0.4, 0.5) is 4.79 Å². The highest BCUT2D eigenvalue weighted by Gasteiger charge is 2.43. The van der Waals surface area contributed by atoms with E-state index in [0.717, 1.165) is 25.7 Å². The van der Waals surface area contributed by atoms with Gasteiger partial charge in [0.25, 0.3) is 5.91 Å². The van der Waals surface area contributed by atoms with Gasteiger partial charge in [0.1, 0.15) is 17.3 Å². The van der Waals surface area contributed by atoms with Crippen LogP contribution in [-0.2, 0) is 20.9 Å². The van der Waals surface area contributed by atoms with Crippen molar-refractivity contribution in [2.24, 2.45) is 0 Å². The summed E-state index contributed by atoms with van der Waals surface area (Å²) in [4.78, 5) is 51.3. The monoisotopic (exact) mass is 418 g/mol. The molecule has 0 spiro atoms. The van der Waals surface area contributed by atoms with Crippen molar-refractivity contribution in [2.45, 2.75) is 83.0 Å². The maximum Gasteiger partial charge on any atom is 0.322 e. The van der Waals surface area contributed by atoms with Gasteiger partial charge in [0.15, 0.2) is 0 Å². The molecule has 9 heteroatoms. The number of amides is 5. The zero-order valence-electron chi connectivity index (χ0n) is 17.5. The van der Waals surface area contributed by atoms with Crippen LogP contribution in [0.15, 0.2) is 22.8 Å². The highest BCUT2D eigenvalue weighted by molar-refractivity contribution is 6.06. The van der Waals surface area contributed by atoms with E-state index in [2.05, 4.69) is 16.0 Å². The summed E-state index contributed by atoms with van der Waals surface area (Å²) in [6.07, 6.45) is 6.88. The van der Waals surface area contributed by atoms with Gasteiger partial charge in [-0.3, -0.25) is 19.7 Å². The maximum atomic E-state index is 13.3. The first-order valence-electron chi connectivity index (χ1n) is 10.6. The van der Waals surface area contributed by atoms with Crippen LogP contribution >= 0.6 is 0 Å². The van der Waals surface area contributed by atoms with Crippen molar-refractivity contribution in [1.82, 2.24) is 20.9 Å². The summed E-state index contributed by atoms with van der Waals surface area (Å²) in [5, 5.41) is 7.69. The Balaban J connectivity index is 1.80. The molecule has 1 aliphatic carbocycles. The van der Waals surface area contributed by atoms with Gasteiger partial charge in [-0.1, -0.05) is 26.2 Å². The number of nitrogens with zero attached hydrogens (tertiary/aromatic N) is 1. The van der Waals surface area contributed by atoms with Gasteiger partial charge in [-0.25, -0.2) is 4.79 Å². The van der Waals surface area contributed by atoms with Gasteiger partial charge < -0.3 is 20.0 Å². The minimum atomic E-state index is -1.12. The Morgan fingerprint density at radius 1 is 1.27 bits per heavy atom. The van der Waals surface area contributed by atoms with Gasteiger partial charge in [0, 0.05) is 6.04 Å². The van der Waals surface area contributed by atoms with Gasteiger partial charge in [-0.15, -0.1) is 0 Å². The average Bonchev–Trinajstić information content (AvgIpc) is 3.35. The lowest BCUT2D eigenvalue weighted by Gasteiger charge is -2.40. The second-order valence-corrected chi connectivity index (χ2v) is 8.21. The molecule has 0 radical (unpaired) electrons. The highest BCUT2D eigenvalue weighted by atomic mass is 16.3. The molecule has 3 N–H and O–H groups in total. The third-order valence-electron chi connectivity index (χ3n) is 6.15. The van der Waals surface area contributed by atoms with Crippen molar-refractivity contribution in [1.29, 1.82) is 0 Å². The van der Waals surface area contributed by atoms with Crippen molar-refractivity contribution in [3.05, 3.63) is 24.2 Å². The summed E-state index contributed by atoms with van der Waals surface area (Å²) in [5.74, 6) is -0.627. The fourth-order valence-electron chi connectivity index (χ4n) is 4.05. The van der Waals surface area contributed by atoms with Gasteiger partial charge in [0.2, 0.25) is 11.8 Å². The van der Waals surface area contributed by atoms with Crippen molar-refractivity contribution in [2.75, 3.05) is 0 Å². The molecule has 9 nitrogen and oxygen atoms in total. The number of rotatable bonds is 8. The standard InChI is InChI=1S/C21H30N4O5/c1-3-21(2,19(28)22-14-8-5-4-6-9-14)25(13-15-10-7-11-30-15)17(26)12-16-18(27)24-20(29)23-16/h7,10-11,14,16H,3-6,8-9,12-13H2,1-2H3,(H,22,28)(H2,23,24,27,29)/t16-,21+/m1/s1. The van der Waals surface area contributed by atoms with Crippen LogP contribution in [0.1, 0.15) is 64.6 Å². The van der Waals surface area contributed by atoms with Crippen molar-refractivity contribution >= 4 is 23.8 Å². The molecular formula is C21H30N4O5. The topological polar surface area (TPSA) is 121 Å². The first-order valence-corrected chi connectivity index (χ1v) is 10.6. The fraction of sp³-hybridized carbons (Fsp3) is 0.619. The molecule has 0 aromatic carbocycles. The SMILES string of the molecule is CC[C@@](C)(C(=O)NC1CCCCC1)N(Cc1ccco1)C(=O)C[C@H]1NC(=O)NC1=O. The second-order valence-electron chi connectivity index (χ2n) is 8.21. The molecule has 1 saturated heterocycles. The molecule has 5 amide bonds. The van der Waals surface area contributed by atoms with Crippen LogP contribution in [0.2, 0.25) is 0 Å². The normalized spacial score (nSPS) is 21.5. The number of carbonyl (C=O) groups is 4. The van der Waals surface area contributed by atoms with E-state index in [4.69, 9.17) is 4.42 Å². The molecule has 164 valence electrons. The molecule has 0 bridgehead atoms.